The Morgan fingerprint density at radius 2 is 1.63 bits per heavy atom. The summed E-state index contributed by atoms with van der Waals surface area (Å²) in [7, 11) is 0. The van der Waals surface area contributed by atoms with E-state index in [0.29, 0.717) is 33.9 Å². The van der Waals surface area contributed by atoms with E-state index in [4.69, 9.17) is 4.98 Å². The summed E-state index contributed by atoms with van der Waals surface area (Å²) >= 11 is 1.56. The first-order valence-corrected chi connectivity index (χ1v) is 13.2. The molecular formula is C29H29N3O2S. The van der Waals surface area contributed by atoms with Crippen LogP contribution in [-0.2, 0) is 18.7 Å². The number of aromatic nitrogens is 2. The summed E-state index contributed by atoms with van der Waals surface area (Å²) in [5, 5.41) is 4.35. The predicted molar refractivity (Wildman–Crippen MR) is 142 cm³/mol. The Morgan fingerprint density at radius 3 is 2.34 bits per heavy atom. The first-order valence-electron chi connectivity index (χ1n) is 12.2. The van der Waals surface area contributed by atoms with E-state index in [1.165, 1.54) is 11.1 Å². The number of benzene rings is 3. The van der Waals surface area contributed by atoms with Crippen LogP contribution >= 0.6 is 11.8 Å². The summed E-state index contributed by atoms with van der Waals surface area (Å²) in [5.41, 5.74) is 3.41. The Labute approximate surface area is 209 Å². The lowest BCUT2D eigenvalue weighted by atomic mass is 10.1. The zero-order valence-electron chi connectivity index (χ0n) is 19.7. The molecule has 0 bridgehead atoms. The second-order valence-corrected chi connectivity index (χ2v) is 9.99. The summed E-state index contributed by atoms with van der Waals surface area (Å²) in [4.78, 5) is 31.3. The first kappa shape index (κ1) is 23.4. The van der Waals surface area contributed by atoms with Crippen molar-refractivity contribution < 1.29 is 4.79 Å². The van der Waals surface area contributed by atoms with Gasteiger partial charge in [-0.2, -0.15) is 0 Å². The number of amides is 1. The average Bonchev–Trinajstić information content (AvgIpc) is 3.41. The molecule has 0 saturated heterocycles. The maximum Gasteiger partial charge on any atom is 0.262 e. The Balaban J connectivity index is 1.46. The molecule has 178 valence electrons. The van der Waals surface area contributed by atoms with Crippen molar-refractivity contribution in [2.45, 2.75) is 55.6 Å². The Kier molecular flexibility index (Phi) is 7.28. The topological polar surface area (TPSA) is 64.0 Å². The van der Waals surface area contributed by atoms with Gasteiger partial charge in [0.15, 0.2) is 5.16 Å². The van der Waals surface area contributed by atoms with Crippen molar-refractivity contribution >= 4 is 28.6 Å². The van der Waals surface area contributed by atoms with E-state index in [9.17, 15) is 9.59 Å². The highest BCUT2D eigenvalue weighted by Crippen LogP contribution is 2.24. The van der Waals surface area contributed by atoms with E-state index in [0.717, 1.165) is 32.1 Å². The molecule has 0 unspecified atom stereocenters. The first-order chi connectivity index (χ1) is 17.2. The van der Waals surface area contributed by atoms with Crippen LogP contribution in [0.1, 0.15) is 47.2 Å². The molecule has 1 saturated carbocycles. The molecule has 6 heteroatoms. The molecule has 5 nitrogen and oxygen atoms in total. The zero-order valence-corrected chi connectivity index (χ0v) is 20.5. The molecular weight excluding hydrogens is 454 g/mol. The van der Waals surface area contributed by atoms with Crippen LogP contribution in [0.2, 0.25) is 0 Å². The van der Waals surface area contributed by atoms with Gasteiger partial charge in [-0.15, -0.1) is 0 Å². The fourth-order valence-corrected chi connectivity index (χ4v) is 5.58. The summed E-state index contributed by atoms with van der Waals surface area (Å²) in [6.07, 6.45) is 5.13. The fraction of sp³-hybridized carbons (Fsp3) is 0.276. The van der Waals surface area contributed by atoms with Crippen LogP contribution in [0.25, 0.3) is 10.9 Å². The molecule has 1 aromatic heterocycles. The molecule has 0 radical (unpaired) electrons. The number of aryl methyl sites for hydroxylation is 1. The Morgan fingerprint density at radius 1 is 0.943 bits per heavy atom. The lowest BCUT2D eigenvalue weighted by Crippen LogP contribution is -2.32. The number of carbonyl (C=O) groups excluding carboxylic acids is 1. The molecule has 0 spiro atoms. The van der Waals surface area contributed by atoms with Crippen LogP contribution in [0.3, 0.4) is 0 Å². The largest absolute Gasteiger partial charge is 0.349 e. The van der Waals surface area contributed by atoms with Gasteiger partial charge in [-0.3, -0.25) is 14.2 Å². The van der Waals surface area contributed by atoms with Gasteiger partial charge in [-0.25, -0.2) is 4.98 Å². The van der Waals surface area contributed by atoms with Gasteiger partial charge in [0.05, 0.1) is 10.9 Å². The molecule has 0 atom stereocenters. The minimum absolute atomic E-state index is 0.0655. The van der Waals surface area contributed by atoms with Crippen molar-refractivity contribution in [3.63, 3.8) is 0 Å². The third kappa shape index (κ3) is 5.65. The lowest BCUT2D eigenvalue weighted by molar-refractivity contribution is 0.0938. The van der Waals surface area contributed by atoms with E-state index < -0.39 is 0 Å². The van der Waals surface area contributed by atoms with Gasteiger partial charge in [0, 0.05) is 23.9 Å². The van der Waals surface area contributed by atoms with Gasteiger partial charge < -0.3 is 5.32 Å². The third-order valence-electron chi connectivity index (χ3n) is 6.55. The molecule has 35 heavy (non-hydrogen) atoms. The van der Waals surface area contributed by atoms with Crippen molar-refractivity contribution in [3.8, 4) is 0 Å². The lowest BCUT2D eigenvalue weighted by Gasteiger charge is -2.15. The van der Waals surface area contributed by atoms with Crippen LogP contribution in [0.5, 0.6) is 0 Å². The van der Waals surface area contributed by atoms with Crippen LogP contribution in [0.4, 0.5) is 0 Å². The molecule has 1 aliphatic rings. The second kappa shape index (κ2) is 10.9. The molecule has 1 heterocycles. The van der Waals surface area contributed by atoms with Crippen LogP contribution in [-0.4, -0.2) is 21.5 Å². The number of hydrogen-bond donors (Lipinski definition) is 1. The normalized spacial score (nSPS) is 13.8. The number of fused-ring (bicyclic) bond motifs is 1. The Hall–Kier alpha value is -3.38. The van der Waals surface area contributed by atoms with E-state index in [1.807, 2.05) is 36.4 Å². The standard InChI is InChI=1S/C29H29N3O2S/c33-27(30-24-13-7-8-14-24)23-15-16-25-26(19-23)31-29(35-20-22-11-5-2-6-12-22)32(28(25)34)18-17-21-9-3-1-4-10-21/h1-6,9-12,15-16,19,24H,7-8,13-14,17-18,20H2,(H,30,33). The average molecular weight is 484 g/mol. The highest BCUT2D eigenvalue weighted by Gasteiger charge is 2.19. The SMILES string of the molecule is O=C(NC1CCCC1)c1ccc2c(=O)n(CCc3ccccc3)c(SCc3ccccc3)nc2c1. The maximum atomic E-state index is 13.6. The minimum atomic E-state index is -0.0904. The number of hydrogen-bond acceptors (Lipinski definition) is 4. The fourth-order valence-electron chi connectivity index (χ4n) is 4.60. The summed E-state index contributed by atoms with van der Waals surface area (Å²) in [6, 6.07) is 25.8. The van der Waals surface area contributed by atoms with Crippen LogP contribution in [0.15, 0.2) is 88.8 Å². The van der Waals surface area contributed by atoms with Crippen molar-refractivity contribution in [1.29, 1.82) is 0 Å². The van der Waals surface area contributed by atoms with Gasteiger partial charge >= 0.3 is 0 Å². The van der Waals surface area contributed by atoms with Gasteiger partial charge in [0.2, 0.25) is 0 Å². The van der Waals surface area contributed by atoms with Crippen molar-refractivity contribution in [2.24, 2.45) is 0 Å². The van der Waals surface area contributed by atoms with E-state index in [2.05, 4.69) is 29.6 Å². The number of nitrogens with one attached hydrogen (secondary N) is 1. The Bertz CT molecular complexity index is 1360. The highest BCUT2D eigenvalue weighted by molar-refractivity contribution is 7.98. The number of rotatable bonds is 8. The van der Waals surface area contributed by atoms with Crippen molar-refractivity contribution in [2.75, 3.05) is 0 Å². The third-order valence-corrected chi connectivity index (χ3v) is 7.60. The van der Waals surface area contributed by atoms with E-state index in [1.54, 1.807) is 34.5 Å². The molecule has 1 N–H and O–H groups in total. The summed E-state index contributed by atoms with van der Waals surface area (Å²) in [5.74, 6) is 0.624. The van der Waals surface area contributed by atoms with Crippen molar-refractivity contribution in [1.82, 2.24) is 14.9 Å². The van der Waals surface area contributed by atoms with Crippen LogP contribution < -0.4 is 10.9 Å². The minimum Gasteiger partial charge on any atom is -0.349 e. The van der Waals surface area contributed by atoms with Gasteiger partial charge in [-0.05, 0) is 48.6 Å². The predicted octanol–water partition coefficient (Wildman–Crippen LogP) is 5.60. The smallest absolute Gasteiger partial charge is 0.262 e. The summed E-state index contributed by atoms with van der Waals surface area (Å²) < 4.78 is 1.78. The molecule has 1 aliphatic carbocycles. The van der Waals surface area contributed by atoms with Crippen LogP contribution in [0, 0.1) is 0 Å². The molecule has 3 aromatic carbocycles. The molecule has 1 amide bonds. The maximum absolute atomic E-state index is 13.6. The molecule has 5 rings (SSSR count). The number of thioether (sulfide) groups is 1. The molecule has 1 fully saturated rings. The monoisotopic (exact) mass is 483 g/mol. The second-order valence-electron chi connectivity index (χ2n) is 9.05. The van der Waals surface area contributed by atoms with Gasteiger partial charge in [0.25, 0.3) is 11.5 Å². The summed E-state index contributed by atoms with van der Waals surface area (Å²) in [6.45, 7) is 0.548. The molecule has 0 aliphatic heterocycles. The van der Waals surface area contributed by atoms with Gasteiger partial charge in [-0.1, -0.05) is 85.3 Å². The number of carbonyl (C=O) groups is 1. The van der Waals surface area contributed by atoms with Crippen molar-refractivity contribution in [3.05, 3.63) is 106 Å². The zero-order chi connectivity index (χ0) is 24.0. The van der Waals surface area contributed by atoms with E-state index >= 15 is 0 Å². The molecule has 4 aromatic rings. The quantitative estimate of drug-likeness (QED) is 0.262. The van der Waals surface area contributed by atoms with E-state index in [-0.39, 0.29) is 17.5 Å². The highest BCUT2D eigenvalue weighted by atomic mass is 32.2. The van der Waals surface area contributed by atoms with Gasteiger partial charge in [0.1, 0.15) is 0 Å². The number of nitrogens with zero attached hydrogens (tertiary/aromatic N) is 2.